The smallest absolute Gasteiger partial charge is 0.00976 e. The summed E-state index contributed by atoms with van der Waals surface area (Å²) in [6.45, 7) is 2.48. The Labute approximate surface area is 107 Å². The van der Waals surface area contributed by atoms with Gasteiger partial charge in [-0.25, -0.2) is 0 Å². The molecule has 3 aliphatic rings. The molecule has 1 N–H and O–H groups in total. The third-order valence-corrected chi connectivity index (χ3v) is 6.26. The minimum absolute atomic E-state index is 0.817. The molecule has 3 aliphatic carbocycles. The van der Waals surface area contributed by atoms with Crippen molar-refractivity contribution in [3.05, 3.63) is 0 Å². The van der Waals surface area contributed by atoms with Gasteiger partial charge in [-0.3, -0.25) is 0 Å². The average Bonchev–Trinajstić information content (AvgIpc) is 3.02. The molecule has 6 atom stereocenters. The van der Waals surface area contributed by atoms with Crippen LogP contribution in [0.15, 0.2) is 0 Å². The lowest BCUT2D eigenvalue weighted by molar-refractivity contribution is 0.221. The van der Waals surface area contributed by atoms with E-state index >= 15 is 0 Å². The van der Waals surface area contributed by atoms with Crippen molar-refractivity contribution in [1.29, 1.82) is 0 Å². The van der Waals surface area contributed by atoms with Crippen LogP contribution in [0.25, 0.3) is 0 Å². The Hall–Kier alpha value is -0.0400. The van der Waals surface area contributed by atoms with Crippen LogP contribution in [0, 0.1) is 29.6 Å². The van der Waals surface area contributed by atoms with Gasteiger partial charge in [-0.2, -0.15) is 0 Å². The molecule has 3 saturated carbocycles. The number of nitrogens with one attached hydrogen (secondary N) is 1. The highest BCUT2D eigenvalue weighted by atomic mass is 14.9. The molecule has 98 valence electrons. The SMILES string of the molecule is CNC(CC1CC2CCC1C2)C1CCCC1C. The van der Waals surface area contributed by atoms with Gasteiger partial charge in [0.1, 0.15) is 0 Å². The van der Waals surface area contributed by atoms with Crippen LogP contribution in [0.5, 0.6) is 0 Å². The molecular formula is C16H29N. The maximum atomic E-state index is 3.66. The van der Waals surface area contributed by atoms with E-state index in [1.807, 2.05) is 0 Å². The monoisotopic (exact) mass is 235 g/mol. The normalized spacial score (nSPS) is 46.6. The van der Waals surface area contributed by atoms with Gasteiger partial charge in [0.25, 0.3) is 0 Å². The summed E-state index contributed by atoms with van der Waals surface area (Å²) in [5, 5.41) is 3.66. The molecule has 17 heavy (non-hydrogen) atoms. The van der Waals surface area contributed by atoms with Crippen LogP contribution in [0.3, 0.4) is 0 Å². The van der Waals surface area contributed by atoms with Crippen LogP contribution in [-0.2, 0) is 0 Å². The summed E-state index contributed by atoms with van der Waals surface area (Å²) < 4.78 is 0. The van der Waals surface area contributed by atoms with Crippen molar-refractivity contribution < 1.29 is 0 Å². The highest BCUT2D eigenvalue weighted by Gasteiger charge is 2.41. The zero-order valence-corrected chi connectivity index (χ0v) is 11.6. The second-order valence-electron chi connectivity index (χ2n) is 7.14. The lowest BCUT2D eigenvalue weighted by Gasteiger charge is -2.32. The fourth-order valence-electron chi connectivity index (χ4n) is 5.27. The van der Waals surface area contributed by atoms with E-state index in [2.05, 4.69) is 19.3 Å². The van der Waals surface area contributed by atoms with E-state index < -0.39 is 0 Å². The fourth-order valence-corrected chi connectivity index (χ4v) is 5.27. The number of rotatable bonds is 4. The Kier molecular flexibility index (Phi) is 3.47. The minimum Gasteiger partial charge on any atom is -0.317 e. The molecule has 0 radical (unpaired) electrons. The van der Waals surface area contributed by atoms with Crippen LogP contribution in [0.4, 0.5) is 0 Å². The lowest BCUT2D eigenvalue weighted by Crippen LogP contribution is -2.37. The third-order valence-electron chi connectivity index (χ3n) is 6.26. The van der Waals surface area contributed by atoms with Crippen LogP contribution >= 0.6 is 0 Å². The number of fused-ring (bicyclic) bond motifs is 2. The zero-order valence-electron chi connectivity index (χ0n) is 11.6. The van der Waals surface area contributed by atoms with Gasteiger partial charge in [0.2, 0.25) is 0 Å². The van der Waals surface area contributed by atoms with Crippen LogP contribution in [0.2, 0.25) is 0 Å². The summed E-state index contributed by atoms with van der Waals surface area (Å²) in [7, 11) is 2.20. The van der Waals surface area contributed by atoms with Gasteiger partial charge >= 0.3 is 0 Å². The predicted molar refractivity (Wildman–Crippen MR) is 72.9 cm³/mol. The fraction of sp³-hybridized carbons (Fsp3) is 1.00. The third kappa shape index (κ3) is 2.28. The van der Waals surface area contributed by atoms with Gasteiger partial charge in [-0.1, -0.05) is 26.2 Å². The number of hydrogen-bond acceptors (Lipinski definition) is 1. The van der Waals surface area contributed by atoms with Crippen molar-refractivity contribution >= 4 is 0 Å². The topological polar surface area (TPSA) is 12.0 Å². The second-order valence-corrected chi connectivity index (χ2v) is 7.14. The van der Waals surface area contributed by atoms with Crippen molar-refractivity contribution in [2.24, 2.45) is 29.6 Å². The van der Waals surface area contributed by atoms with Crippen LogP contribution < -0.4 is 5.32 Å². The molecule has 0 saturated heterocycles. The Morgan fingerprint density at radius 2 is 2.00 bits per heavy atom. The first-order valence-electron chi connectivity index (χ1n) is 7.95. The van der Waals surface area contributed by atoms with Crippen molar-refractivity contribution in [2.45, 2.75) is 64.3 Å². The first kappa shape index (κ1) is 12.0. The standard InChI is InChI=1S/C16H29N/c1-11-4-3-5-15(11)16(17-2)10-14-9-12-6-7-13(14)8-12/h11-17H,3-10H2,1-2H3. The predicted octanol–water partition coefficient (Wildman–Crippen LogP) is 3.84. The quantitative estimate of drug-likeness (QED) is 0.781. The molecule has 3 rings (SSSR count). The summed E-state index contributed by atoms with van der Waals surface area (Å²) in [4.78, 5) is 0. The first-order valence-corrected chi connectivity index (χ1v) is 7.95. The van der Waals surface area contributed by atoms with E-state index in [0.29, 0.717) is 0 Å². The van der Waals surface area contributed by atoms with Crippen LogP contribution in [0.1, 0.15) is 58.3 Å². The summed E-state index contributed by atoms with van der Waals surface area (Å²) in [5.41, 5.74) is 0. The summed E-state index contributed by atoms with van der Waals surface area (Å²) in [6.07, 6.45) is 12.1. The van der Waals surface area contributed by atoms with Crippen molar-refractivity contribution in [3.63, 3.8) is 0 Å². The number of hydrogen-bond donors (Lipinski definition) is 1. The highest BCUT2D eigenvalue weighted by molar-refractivity contribution is 4.94. The molecule has 1 heteroatoms. The molecule has 6 unspecified atom stereocenters. The van der Waals surface area contributed by atoms with Crippen molar-refractivity contribution in [3.8, 4) is 0 Å². The molecule has 0 aromatic carbocycles. The van der Waals surface area contributed by atoms with E-state index in [0.717, 1.165) is 35.6 Å². The van der Waals surface area contributed by atoms with E-state index in [1.165, 1.54) is 25.7 Å². The largest absolute Gasteiger partial charge is 0.317 e. The summed E-state index contributed by atoms with van der Waals surface area (Å²) >= 11 is 0. The molecule has 1 nitrogen and oxygen atoms in total. The van der Waals surface area contributed by atoms with E-state index in [-0.39, 0.29) is 0 Å². The molecule has 0 spiro atoms. The van der Waals surface area contributed by atoms with Crippen molar-refractivity contribution in [1.82, 2.24) is 5.32 Å². The Bertz CT molecular complexity index is 262. The van der Waals surface area contributed by atoms with Gasteiger partial charge in [0, 0.05) is 6.04 Å². The van der Waals surface area contributed by atoms with Crippen molar-refractivity contribution in [2.75, 3.05) is 7.05 Å². The zero-order chi connectivity index (χ0) is 11.8. The summed E-state index contributed by atoms with van der Waals surface area (Å²) in [6, 6.07) is 0.817. The molecule has 0 aliphatic heterocycles. The Balaban J connectivity index is 1.58. The maximum Gasteiger partial charge on any atom is 0.00976 e. The molecule has 0 aromatic rings. The lowest BCUT2D eigenvalue weighted by atomic mass is 9.79. The van der Waals surface area contributed by atoms with Gasteiger partial charge in [-0.15, -0.1) is 0 Å². The van der Waals surface area contributed by atoms with Gasteiger partial charge in [0.05, 0.1) is 0 Å². The molecule has 2 bridgehead atoms. The van der Waals surface area contributed by atoms with E-state index in [4.69, 9.17) is 0 Å². The van der Waals surface area contributed by atoms with Crippen LogP contribution in [-0.4, -0.2) is 13.1 Å². The molecule has 0 aromatic heterocycles. The van der Waals surface area contributed by atoms with Gasteiger partial charge < -0.3 is 5.32 Å². The second kappa shape index (κ2) is 4.91. The Morgan fingerprint density at radius 3 is 2.53 bits per heavy atom. The molecule has 0 heterocycles. The molecular weight excluding hydrogens is 206 g/mol. The highest BCUT2D eigenvalue weighted by Crippen LogP contribution is 2.50. The van der Waals surface area contributed by atoms with Gasteiger partial charge in [-0.05, 0) is 68.7 Å². The van der Waals surface area contributed by atoms with E-state index in [1.54, 1.807) is 25.7 Å². The molecule has 0 amide bonds. The Morgan fingerprint density at radius 1 is 1.12 bits per heavy atom. The van der Waals surface area contributed by atoms with E-state index in [9.17, 15) is 0 Å². The molecule has 3 fully saturated rings. The maximum absolute atomic E-state index is 3.66. The first-order chi connectivity index (χ1) is 8.28. The average molecular weight is 235 g/mol. The van der Waals surface area contributed by atoms with Gasteiger partial charge in [0.15, 0.2) is 0 Å². The summed E-state index contributed by atoms with van der Waals surface area (Å²) in [5.74, 6) is 5.22. The minimum atomic E-state index is 0.817.